The topological polar surface area (TPSA) is 77.0 Å². The molecule has 21 heavy (non-hydrogen) atoms. The monoisotopic (exact) mass is 322 g/mol. The van der Waals surface area contributed by atoms with Crippen molar-refractivity contribution in [2.75, 3.05) is 5.32 Å². The highest BCUT2D eigenvalue weighted by atomic mass is 35.5. The van der Waals surface area contributed by atoms with Crippen LogP contribution in [0.1, 0.15) is 17.6 Å². The lowest BCUT2D eigenvalue weighted by atomic mass is 10.2. The Morgan fingerprint density at radius 1 is 1.52 bits per heavy atom. The zero-order valence-electron chi connectivity index (χ0n) is 11.5. The van der Waals surface area contributed by atoms with E-state index in [1.54, 1.807) is 23.8 Å². The number of fused-ring (bicyclic) bond motifs is 1. The minimum absolute atomic E-state index is 0.0584. The van der Waals surface area contributed by atoms with Gasteiger partial charge in [0.1, 0.15) is 11.3 Å². The molecule has 3 aromatic heterocycles. The summed E-state index contributed by atoms with van der Waals surface area (Å²) in [4.78, 5) is 1.04. The van der Waals surface area contributed by atoms with Gasteiger partial charge in [-0.3, -0.25) is 0 Å². The zero-order valence-corrected chi connectivity index (χ0v) is 13.0. The third-order valence-corrected chi connectivity index (χ3v) is 4.78. The molecule has 0 amide bonds. The average molecular weight is 323 g/mol. The molecule has 0 unspecified atom stereocenters. The normalized spacial score (nSPS) is 12.7. The van der Waals surface area contributed by atoms with Gasteiger partial charge < -0.3 is 15.5 Å². The summed E-state index contributed by atoms with van der Waals surface area (Å²) < 4.78 is 6.31. The molecule has 0 saturated heterocycles. The van der Waals surface area contributed by atoms with E-state index in [0.717, 1.165) is 33.0 Å². The third kappa shape index (κ3) is 3.02. The van der Waals surface area contributed by atoms with Crippen LogP contribution in [0.5, 0.6) is 0 Å². The number of halogens is 1. The Kier molecular flexibility index (Phi) is 4.10. The first kappa shape index (κ1) is 14.3. The Balaban J connectivity index is 1.91. The van der Waals surface area contributed by atoms with E-state index < -0.39 is 0 Å². The first-order valence-corrected chi connectivity index (χ1v) is 7.79. The minimum Gasteiger partial charge on any atom is -0.467 e. The van der Waals surface area contributed by atoms with Crippen LogP contribution < -0.4 is 11.1 Å². The average Bonchev–Trinajstić information content (AvgIpc) is 3.06. The molecule has 0 saturated carbocycles. The number of rotatable bonds is 5. The molecule has 0 spiro atoms. The van der Waals surface area contributed by atoms with Gasteiger partial charge in [0.05, 0.1) is 34.4 Å². The summed E-state index contributed by atoms with van der Waals surface area (Å²) >= 11 is 7.99. The SMILES string of the molecule is C[C@H](N)Cc1sc2c(NCc3ccco3)cnnc2c1Cl. The van der Waals surface area contributed by atoms with Gasteiger partial charge in [-0.2, -0.15) is 5.10 Å². The number of nitrogens with zero attached hydrogens (tertiary/aromatic N) is 2. The predicted molar refractivity (Wildman–Crippen MR) is 85.8 cm³/mol. The van der Waals surface area contributed by atoms with Crippen LogP contribution in [0.15, 0.2) is 29.0 Å². The fraction of sp³-hybridized carbons (Fsp3) is 0.286. The van der Waals surface area contributed by atoms with Gasteiger partial charge in [0, 0.05) is 10.9 Å². The molecule has 7 heteroatoms. The maximum absolute atomic E-state index is 6.38. The van der Waals surface area contributed by atoms with Crippen LogP contribution in [0, 0.1) is 0 Å². The lowest BCUT2D eigenvalue weighted by Crippen LogP contribution is -2.17. The van der Waals surface area contributed by atoms with Crippen LogP contribution in [0.3, 0.4) is 0 Å². The van der Waals surface area contributed by atoms with Crippen molar-refractivity contribution in [3.8, 4) is 0 Å². The van der Waals surface area contributed by atoms with Gasteiger partial charge >= 0.3 is 0 Å². The molecule has 0 fully saturated rings. The molecule has 110 valence electrons. The first-order valence-electron chi connectivity index (χ1n) is 6.59. The molecule has 3 N–H and O–H groups in total. The van der Waals surface area contributed by atoms with E-state index in [1.807, 2.05) is 19.1 Å². The van der Waals surface area contributed by atoms with E-state index in [2.05, 4.69) is 15.5 Å². The van der Waals surface area contributed by atoms with E-state index in [1.165, 1.54) is 0 Å². The summed E-state index contributed by atoms with van der Waals surface area (Å²) in [5.41, 5.74) is 7.49. The number of nitrogens with two attached hydrogens (primary N) is 1. The summed E-state index contributed by atoms with van der Waals surface area (Å²) in [7, 11) is 0. The fourth-order valence-electron chi connectivity index (χ4n) is 2.07. The van der Waals surface area contributed by atoms with Crippen LogP contribution in [0.2, 0.25) is 5.02 Å². The van der Waals surface area contributed by atoms with Crippen LogP contribution in [-0.2, 0) is 13.0 Å². The lowest BCUT2D eigenvalue weighted by molar-refractivity contribution is 0.518. The van der Waals surface area contributed by atoms with Crippen molar-refractivity contribution in [3.63, 3.8) is 0 Å². The van der Waals surface area contributed by atoms with Gasteiger partial charge in [-0.1, -0.05) is 11.6 Å². The van der Waals surface area contributed by atoms with Crippen LogP contribution in [0.25, 0.3) is 10.2 Å². The molecule has 5 nitrogen and oxygen atoms in total. The molecule has 0 aromatic carbocycles. The predicted octanol–water partition coefficient (Wildman–Crippen LogP) is 3.44. The molecule has 0 radical (unpaired) electrons. The summed E-state index contributed by atoms with van der Waals surface area (Å²) in [5.74, 6) is 0.860. The second-order valence-corrected chi connectivity index (χ2v) is 6.37. The van der Waals surface area contributed by atoms with E-state index >= 15 is 0 Å². The van der Waals surface area contributed by atoms with Crippen molar-refractivity contribution < 1.29 is 4.42 Å². The van der Waals surface area contributed by atoms with Crippen LogP contribution >= 0.6 is 22.9 Å². The molecule has 3 heterocycles. The molecule has 0 bridgehead atoms. The largest absolute Gasteiger partial charge is 0.467 e. The van der Waals surface area contributed by atoms with E-state index in [-0.39, 0.29) is 6.04 Å². The molecule has 0 aliphatic heterocycles. The second-order valence-electron chi connectivity index (χ2n) is 4.89. The smallest absolute Gasteiger partial charge is 0.125 e. The lowest BCUT2D eigenvalue weighted by Gasteiger charge is -2.04. The number of anilines is 1. The van der Waals surface area contributed by atoms with Gasteiger partial charge in [0.25, 0.3) is 0 Å². The summed E-state index contributed by atoms with van der Waals surface area (Å²) in [6.45, 7) is 2.55. The zero-order chi connectivity index (χ0) is 14.8. The van der Waals surface area contributed by atoms with E-state index in [9.17, 15) is 0 Å². The molecule has 0 aliphatic carbocycles. The molecule has 1 atom stereocenters. The van der Waals surface area contributed by atoms with Gasteiger partial charge in [0.2, 0.25) is 0 Å². The standard InChI is InChI=1S/C14H15ClN4OS/c1-8(16)5-11-12(15)13-14(21-11)10(7-18-19-13)17-6-9-3-2-4-20-9/h2-4,7-8H,5-6,16H2,1H3,(H,17,19)/t8-/m0/s1. The van der Waals surface area contributed by atoms with Crippen molar-refractivity contribution in [1.29, 1.82) is 0 Å². The molecule has 3 rings (SSSR count). The molecule has 0 aliphatic rings. The number of thiophene rings is 1. The maximum atomic E-state index is 6.38. The van der Waals surface area contributed by atoms with Gasteiger partial charge in [-0.25, -0.2) is 0 Å². The summed E-state index contributed by atoms with van der Waals surface area (Å²) in [5, 5.41) is 12.1. The van der Waals surface area contributed by atoms with E-state index in [4.69, 9.17) is 21.8 Å². The Morgan fingerprint density at radius 2 is 2.38 bits per heavy atom. The quantitative estimate of drug-likeness (QED) is 0.752. The van der Waals surface area contributed by atoms with Crippen molar-refractivity contribution in [2.24, 2.45) is 5.73 Å². The highest BCUT2D eigenvalue weighted by Crippen LogP contribution is 2.38. The van der Waals surface area contributed by atoms with Crippen molar-refractivity contribution in [1.82, 2.24) is 10.2 Å². The van der Waals surface area contributed by atoms with Crippen molar-refractivity contribution >= 4 is 38.8 Å². The van der Waals surface area contributed by atoms with Gasteiger partial charge in [-0.15, -0.1) is 16.4 Å². The van der Waals surface area contributed by atoms with Gasteiger partial charge in [0.15, 0.2) is 0 Å². The Hall–Kier alpha value is -1.63. The van der Waals surface area contributed by atoms with Gasteiger partial charge in [-0.05, 0) is 25.5 Å². The molecule has 3 aromatic rings. The summed E-state index contributed by atoms with van der Waals surface area (Å²) in [6, 6.07) is 3.84. The third-order valence-electron chi connectivity index (χ3n) is 3.02. The number of hydrogen-bond donors (Lipinski definition) is 2. The first-order chi connectivity index (χ1) is 10.1. The number of hydrogen-bond acceptors (Lipinski definition) is 6. The second kappa shape index (κ2) is 6.01. The number of nitrogens with one attached hydrogen (secondary N) is 1. The van der Waals surface area contributed by atoms with Crippen molar-refractivity contribution in [2.45, 2.75) is 25.9 Å². The fourth-order valence-corrected chi connectivity index (χ4v) is 3.70. The Morgan fingerprint density at radius 3 is 3.10 bits per heavy atom. The number of furan rings is 1. The molecular weight excluding hydrogens is 308 g/mol. The Bertz CT molecular complexity index is 739. The van der Waals surface area contributed by atoms with E-state index in [0.29, 0.717) is 11.6 Å². The minimum atomic E-state index is 0.0584. The maximum Gasteiger partial charge on any atom is 0.125 e. The van der Waals surface area contributed by atoms with Crippen molar-refractivity contribution in [3.05, 3.63) is 40.3 Å². The highest BCUT2D eigenvalue weighted by molar-refractivity contribution is 7.20. The van der Waals surface area contributed by atoms with Crippen LogP contribution in [-0.4, -0.2) is 16.2 Å². The summed E-state index contributed by atoms with van der Waals surface area (Å²) in [6.07, 6.45) is 4.09. The number of aromatic nitrogens is 2. The molecular formula is C14H15ClN4OS. The van der Waals surface area contributed by atoms with Crippen LogP contribution in [0.4, 0.5) is 5.69 Å². The Labute approximate surface area is 131 Å². The highest BCUT2D eigenvalue weighted by Gasteiger charge is 2.16.